The number of aromatic nitrogens is 3. The molecule has 1 aromatic carbocycles. The molecule has 1 amide bonds. The number of aromatic amines is 1. The molecule has 0 unspecified atom stereocenters. The number of thioether (sulfide) groups is 1. The largest absolute Gasteiger partial charge is 0.435 e. The molecule has 0 saturated carbocycles. The Labute approximate surface area is 172 Å². The molecule has 4 N–H and O–H groups in total. The van der Waals surface area contributed by atoms with Crippen molar-refractivity contribution >= 4 is 29.2 Å². The van der Waals surface area contributed by atoms with Gasteiger partial charge in [0.1, 0.15) is 39.9 Å². The molecule has 0 radical (unpaired) electrons. The molecular weight excluding hydrogens is 413 g/mol. The van der Waals surface area contributed by atoms with Crippen molar-refractivity contribution in [3.05, 3.63) is 51.6 Å². The van der Waals surface area contributed by atoms with Crippen molar-refractivity contribution in [3.8, 4) is 23.4 Å². The number of nitriles is 2. The lowest BCUT2D eigenvalue weighted by Crippen LogP contribution is -2.34. The lowest BCUT2D eigenvalue weighted by Gasteiger charge is -2.09. The maximum Gasteiger partial charge on any atom is 0.435 e. The number of aryl methyl sites for hydroxylation is 1. The molecule has 12 heteroatoms. The van der Waals surface area contributed by atoms with Gasteiger partial charge in [-0.15, -0.1) is 0 Å². The van der Waals surface area contributed by atoms with Gasteiger partial charge in [0.2, 0.25) is 5.91 Å². The quantitative estimate of drug-likeness (QED) is 0.402. The Balaban J connectivity index is 1.95. The number of carbonyl (C=O) groups excluding carboxylic acids is 1. The number of hydrogen-bond donors (Lipinski definition) is 3. The summed E-state index contributed by atoms with van der Waals surface area (Å²) in [5, 5.41) is 24.1. The third-order valence-corrected chi connectivity index (χ3v) is 4.90. The van der Waals surface area contributed by atoms with Crippen LogP contribution in [0, 0.1) is 28.5 Å². The first-order chi connectivity index (χ1) is 14.3. The number of hydrogen-bond acceptors (Lipinski definition) is 8. The van der Waals surface area contributed by atoms with Gasteiger partial charge in [0.05, 0.1) is 11.3 Å². The number of nitrogen functional groups attached to an aromatic ring is 1. The van der Waals surface area contributed by atoms with Gasteiger partial charge in [-0.1, -0.05) is 16.4 Å². The van der Waals surface area contributed by atoms with Gasteiger partial charge in [-0.3, -0.25) is 9.32 Å². The molecule has 150 valence electrons. The van der Waals surface area contributed by atoms with E-state index in [1.54, 1.807) is 0 Å². The fourth-order valence-electron chi connectivity index (χ4n) is 2.61. The molecule has 0 aliphatic carbocycles. The van der Waals surface area contributed by atoms with Crippen LogP contribution in [0.5, 0.6) is 0 Å². The molecule has 30 heavy (non-hydrogen) atoms. The van der Waals surface area contributed by atoms with Gasteiger partial charge in [-0.05, 0) is 29.5 Å². The lowest BCUT2D eigenvalue weighted by molar-refractivity contribution is -0.730. The number of carbonyl (C=O) groups is 1. The van der Waals surface area contributed by atoms with Crippen LogP contribution in [0.4, 0.5) is 15.9 Å². The van der Waals surface area contributed by atoms with Crippen LogP contribution in [-0.4, -0.2) is 21.9 Å². The maximum absolute atomic E-state index is 13.0. The SMILES string of the molecule is C[n+]1[nH]oc(=O)c1-c1c(C#N)c(N)nc(SCC(=O)Nc2ccc(F)cc2)c1C#N. The number of H-pyrrole nitrogens is 1. The van der Waals surface area contributed by atoms with Gasteiger partial charge in [0.25, 0.3) is 0 Å². The predicted molar refractivity (Wildman–Crippen MR) is 103 cm³/mol. The Kier molecular flexibility index (Phi) is 5.80. The highest BCUT2D eigenvalue weighted by Gasteiger charge is 2.31. The minimum atomic E-state index is -0.805. The van der Waals surface area contributed by atoms with Crippen molar-refractivity contribution in [2.45, 2.75) is 5.03 Å². The summed E-state index contributed by atoms with van der Waals surface area (Å²) in [5.41, 5.74) is 5.08. The van der Waals surface area contributed by atoms with Crippen molar-refractivity contribution in [2.24, 2.45) is 7.05 Å². The third-order valence-electron chi connectivity index (χ3n) is 3.92. The van der Waals surface area contributed by atoms with Crippen molar-refractivity contribution in [3.63, 3.8) is 0 Å². The van der Waals surface area contributed by atoms with Gasteiger partial charge in [0.15, 0.2) is 7.05 Å². The Bertz CT molecular complexity index is 1270. The molecule has 0 fully saturated rings. The summed E-state index contributed by atoms with van der Waals surface area (Å²) in [6.07, 6.45) is 0. The number of benzene rings is 1. The zero-order chi connectivity index (χ0) is 21.8. The number of halogens is 1. The second-order valence-electron chi connectivity index (χ2n) is 5.88. The van der Waals surface area contributed by atoms with Gasteiger partial charge >= 0.3 is 11.3 Å². The molecule has 0 saturated heterocycles. The van der Waals surface area contributed by atoms with Crippen LogP contribution in [0.1, 0.15) is 11.1 Å². The topological polar surface area (TPSA) is 165 Å². The molecular formula is C18H13FN7O3S+. The number of amides is 1. The van der Waals surface area contributed by atoms with Gasteiger partial charge in [0, 0.05) is 5.69 Å². The zero-order valence-electron chi connectivity index (χ0n) is 15.4. The minimum absolute atomic E-state index is 0.0357. The molecule has 0 aliphatic rings. The molecule has 2 aromatic heterocycles. The van der Waals surface area contributed by atoms with Crippen LogP contribution >= 0.6 is 11.8 Å². The van der Waals surface area contributed by atoms with E-state index in [0.29, 0.717) is 5.69 Å². The van der Waals surface area contributed by atoms with Gasteiger partial charge in [-0.25, -0.2) is 14.2 Å². The monoisotopic (exact) mass is 426 g/mol. The number of nitrogens with zero attached hydrogens (tertiary/aromatic N) is 4. The highest BCUT2D eigenvalue weighted by Crippen LogP contribution is 2.33. The summed E-state index contributed by atoms with van der Waals surface area (Å²) in [6, 6.07) is 8.97. The Hall–Kier alpha value is -4.16. The normalized spacial score (nSPS) is 10.3. The Morgan fingerprint density at radius 3 is 2.57 bits per heavy atom. The average molecular weight is 426 g/mol. The highest BCUT2D eigenvalue weighted by atomic mass is 32.2. The second kappa shape index (κ2) is 8.46. The van der Waals surface area contributed by atoms with Crippen molar-refractivity contribution in [1.82, 2.24) is 10.3 Å². The standard InChI is InChI=1S/C18H12FN7O3S/c1-26-15(18(28)29-25-26)14-11(6-20)16(22)24-17(12(14)7-21)30-8-13(27)23-10-4-2-9(19)3-5-10/h2-5H,8H2,1H3,(H3-,22,23,24,25,27,28)/p+1. The molecule has 3 aromatic rings. The summed E-state index contributed by atoms with van der Waals surface area (Å²) in [7, 11) is 1.46. The van der Waals surface area contributed by atoms with E-state index in [1.165, 1.54) is 36.0 Å². The first-order valence-corrected chi connectivity index (χ1v) is 9.24. The van der Waals surface area contributed by atoms with E-state index in [9.17, 15) is 24.5 Å². The van der Waals surface area contributed by atoms with E-state index >= 15 is 0 Å². The van der Waals surface area contributed by atoms with Crippen LogP contribution in [0.15, 0.2) is 38.6 Å². The lowest BCUT2D eigenvalue weighted by atomic mass is 10.0. The summed E-state index contributed by atoms with van der Waals surface area (Å²) in [5.74, 6) is -1.23. The first kappa shape index (κ1) is 20.6. The summed E-state index contributed by atoms with van der Waals surface area (Å²) < 4.78 is 18.9. The average Bonchev–Trinajstić information content (AvgIpc) is 3.05. The number of nitrogens with one attached hydrogen (secondary N) is 2. The highest BCUT2D eigenvalue weighted by molar-refractivity contribution is 8.00. The molecule has 10 nitrogen and oxygen atoms in total. The van der Waals surface area contributed by atoms with Crippen LogP contribution in [-0.2, 0) is 11.8 Å². The fourth-order valence-corrected chi connectivity index (χ4v) is 3.41. The number of nitrogens with two attached hydrogens (primary N) is 1. The van der Waals surface area contributed by atoms with Crippen molar-refractivity contribution < 1.29 is 18.4 Å². The van der Waals surface area contributed by atoms with E-state index < -0.39 is 17.3 Å². The summed E-state index contributed by atoms with van der Waals surface area (Å²) >= 11 is 0.897. The second-order valence-corrected chi connectivity index (χ2v) is 6.85. The van der Waals surface area contributed by atoms with E-state index in [2.05, 4.69) is 15.6 Å². The maximum atomic E-state index is 13.0. The van der Waals surface area contributed by atoms with Crippen LogP contribution < -0.4 is 21.4 Å². The van der Waals surface area contributed by atoms with Crippen LogP contribution in [0.2, 0.25) is 0 Å². The van der Waals surface area contributed by atoms with Crippen molar-refractivity contribution in [1.29, 1.82) is 10.5 Å². The molecule has 0 bridgehead atoms. The smallest absolute Gasteiger partial charge is 0.383 e. The van der Waals surface area contributed by atoms with Crippen LogP contribution in [0.3, 0.4) is 0 Å². The molecule has 0 atom stereocenters. The Morgan fingerprint density at radius 2 is 2.00 bits per heavy atom. The van der Waals surface area contributed by atoms with Crippen molar-refractivity contribution in [2.75, 3.05) is 16.8 Å². The Morgan fingerprint density at radius 1 is 1.33 bits per heavy atom. The predicted octanol–water partition coefficient (Wildman–Crippen LogP) is 1.05. The number of anilines is 2. The van der Waals surface area contributed by atoms with E-state index in [0.717, 1.165) is 11.8 Å². The van der Waals surface area contributed by atoms with E-state index in [-0.39, 0.29) is 39.0 Å². The van der Waals surface area contributed by atoms with E-state index in [1.807, 2.05) is 12.1 Å². The first-order valence-electron chi connectivity index (χ1n) is 8.25. The molecule has 0 spiro atoms. The van der Waals surface area contributed by atoms with Gasteiger partial charge < -0.3 is 11.1 Å². The summed E-state index contributed by atoms with van der Waals surface area (Å²) in [6.45, 7) is 0. The van der Waals surface area contributed by atoms with Gasteiger partial charge in [-0.2, -0.15) is 10.5 Å². The molecule has 2 heterocycles. The number of pyridine rings is 1. The molecule has 3 rings (SSSR count). The zero-order valence-corrected chi connectivity index (χ0v) is 16.2. The third kappa shape index (κ3) is 3.99. The minimum Gasteiger partial charge on any atom is -0.383 e. The fraction of sp³-hybridized carbons (Fsp3) is 0.111. The molecule has 0 aliphatic heterocycles. The summed E-state index contributed by atoms with van der Waals surface area (Å²) in [4.78, 5) is 28.4. The number of rotatable bonds is 5. The van der Waals surface area contributed by atoms with Crippen LogP contribution in [0.25, 0.3) is 11.3 Å². The van der Waals surface area contributed by atoms with E-state index in [4.69, 9.17) is 10.3 Å².